The molecular formula is C27H35O9P. The van der Waals surface area contributed by atoms with Crippen molar-refractivity contribution >= 4 is 20.7 Å². The number of aliphatic hydroxyl groups excluding tert-OH is 1. The van der Waals surface area contributed by atoms with E-state index in [2.05, 4.69) is 4.74 Å². The number of allylic oxidation sites excluding steroid dienone is 1. The lowest BCUT2D eigenvalue weighted by Crippen LogP contribution is -2.18. The molecule has 1 aliphatic rings. The standard InChI is InChI=1S/C22H25O6P.C5H10O3/c1-14(11-26-13-29-28-16-7-5-4-6-8-16)9-10-17-20(23)19-18(12-27-22(19)24)15(2)21(17)25-3;1-3-8-5(7)4(2)6/h4-9,23,29H,10-13H2,1-3H3;4,6H,3H2,1-2H3/b14-9+;. The number of hydrogen-bond acceptors (Lipinski definition) is 9. The molecule has 1 heterocycles. The Labute approximate surface area is 219 Å². The van der Waals surface area contributed by atoms with E-state index in [9.17, 15) is 14.7 Å². The molecule has 37 heavy (non-hydrogen) atoms. The molecule has 0 aliphatic carbocycles. The molecule has 0 amide bonds. The summed E-state index contributed by atoms with van der Waals surface area (Å²) >= 11 is 0. The molecule has 0 radical (unpaired) electrons. The minimum atomic E-state index is -0.991. The van der Waals surface area contributed by atoms with Gasteiger partial charge < -0.3 is 33.7 Å². The highest BCUT2D eigenvalue weighted by molar-refractivity contribution is 7.32. The van der Waals surface area contributed by atoms with Gasteiger partial charge in [0, 0.05) is 11.1 Å². The van der Waals surface area contributed by atoms with Crippen LogP contribution in [0.15, 0.2) is 42.0 Å². The smallest absolute Gasteiger partial charge is 0.342 e. The normalized spacial score (nSPS) is 13.5. The fraction of sp³-hybridized carbons (Fsp3) is 0.407. The van der Waals surface area contributed by atoms with Gasteiger partial charge in [0.05, 0.1) is 35.5 Å². The number of hydrogen-bond donors (Lipinski definition) is 2. The first-order valence-electron chi connectivity index (χ1n) is 11.8. The van der Waals surface area contributed by atoms with E-state index in [1.165, 1.54) is 6.92 Å². The Hall–Kier alpha value is -3.13. The number of phenolic OH excluding ortho intramolecular Hbond substituents is 1. The maximum atomic E-state index is 12.0. The fourth-order valence-electron chi connectivity index (χ4n) is 3.48. The molecule has 2 atom stereocenters. The Morgan fingerprint density at radius 3 is 2.57 bits per heavy atom. The maximum absolute atomic E-state index is 12.0. The quantitative estimate of drug-likeness (QED) is 0.186. The summed E-state index contributed by atoms with van der Waals surface area (Å²) < 4.78 is 26.3. The number of methoxy groups -OCH3 is 1. The number of benzene rings is 2. The number of aromatic hydroxyl groups is 1. The van der Waals surface area contributed by atoms with Crippen molar-refractivity contribution in [2.75, 3.05) is 26.7 Å². The molecule has 0 fully saturated rings. The first-order chi connectivity index (χ1) is 17.7. The zero-order valence-corrected chi connectivity index (χ0v) is 22.8. The largest absolute Gasteiger partial charge is 0.507 e. The van der Waals surface area contributed by atoms with Crippen molar-refractivity contribution < 1.29 is 43.3 Å². The van der Waals surface area contributed by atoms with E-state index in [-0.39, 0.29) is 26.7 Å². The monoisotopic (exact) mass is 534 g/mol. The molecule has 10 heteroatoms. The number of rotatable bonds is 11. The predicted octanol–water partition coefficient (Wildman–Crippen LogP) is 4.45. The Morgan fingerprint density at radius 2 is 1.97 bits per heavy atom. The Morgan fingerprint density at radius 1 is 1.27 bits per heavy atom. The summed E-state index contributed by atoms with van der Waals surface area (Å²) in [5.74, 6) is 0.296. The van der Waals surface area contributed by atoms with Crippen LogP contribution in [-0.4, -0.2) is 54.9 Å². The van der Waals surface area contributed by atoms with Crippen molar-refractivity contribution in [2.45, 2.75) is 46.8 Å². The molecule has 0 bridgehead atoms. The second kappa shape index (κ2) is 15.2. The van der Waals surface area contributed by atoms with Crippen molar-refractivity contribution in [1.82, 2.24) is 0 Å². The van der Waals surface area contributed by atoms with Crippen LogP contribution in [0.5, 0.6) is 17.2 Å². The van der Waals surface area contributed by atoms with Crippen LogP contribution in [0.3, 0.4) is 0 Å². The Bertz CT molecular complexity index is 1080. The number of esters is 2. The van der Waals surface area contributed by atoms with E-state index in [4.69, 9.17) is 23.8 Å². The lowest BCUT2D eigenvalue weighted by molar-refractivity contribution is -0.151. The van der Waals surface area contributed by atoms with E-state index < -0.39 is 18.0 Å². The average molecular weight is 535 g/mol. The van der Waals surface area contributed by atoms with E-state index in [1.54, 1.807) is 14.0 Å². The third-order valence-electron chi connectivity index (χ3n) is 5.35. The van der Waals surface area contributed by atoms with Gasteiger partial charge in [0.15, 0.2) is 0 Å². The zero-order valence-electron chi connectivity index (χ0n) is 21.8. The molecule has 0 saturated carbocycles. The lowest BCUT2D eigenvalue weighted by atomic mass is 9.95. The van der Waals surface area contributed by atoms with E-state index in [1.807, 2.05) is 50.3 Å². The number of ether oxygens (including phenoxy) is 4. The predicted molar refractivity (Wildman–Crippen MR) is 140 cm³/mol. The van der Waals surface area contributed by atoms with Crippen LogP contribution in [0, 0.1) is 6.92 Å². The van der Waals surface area contributed by atoms with Crippen LogP contribution in [0.4, 0.5) is 0 Å². The van der Waals surface area contributed by atoms with Crippen molar-refractivity contribution in [3.05, 3.63) is 64.2 Å². The van der Waals surface area contributed by atoms with Gasteiger partial charge in [0.25, 0.3) is 0 Å². The molecule has 2 N–H and O–H groups in total. The fourth-order valence-corrected chi connectivity index (χ4v) is 4.03. The van der Waals surface area contributed by atoms with Gasteiger partial charge in [0.2, 0.25) is 0 Å². The van der Waals surface area contributed by atoms with Crippen molar-refractivity contribution in [3.8, 4) is 17.2 Å². The summed E-state index contributed by atoms with van der Waals surface area (Å²) in [5.41, 5.74) is 3.35. The van der Waals surface area contributed by atoms with Crippen LogP contribution in [0.25, 0.3) is 0 Å². The summed E-state index contributed by atoms with van der Waals surface area (Å²) in [6, 6.07) is 9.62. The van der Waals surface area contributed by atoms with Crippen LogP contribution in [0.1, 0.15) is 47.8 Å². The van der Waals surface area contributed by atoms with Gasteiger partial charge in [-0.25, -0.2) is 9.59 Å². The highest BCUT2D eigenvalue weighted by Crippen LogP contribution is 2.42. The molecule has 2 aromatic carbocycles. The molecule has 1 aliphatic heterocycles. The summed E-state index contributed by atoms with van der Waals surface area (Å²) in [7, 11) is 1.78. The third kappa shape index (κ3) is 8.74. The second-order valence-corrected chi connectivity index (χ2v) is 8.93. The first-order valence-corrected chi connectivity index (χ1v) is 12.9. The van der Waals surface area contributed by atoms with Crippen LogP contribution in [0.2, 0.25) is 0 Å². The summed E-state index contributed by atoms with van der Waals surface area (Å²) in [6.45, 7) is 7.84. The van der Waals surface area contributed by atoms with Gasteiger partial charge in [0.1, 0.15) is 35.5 Å². The Balaban J connectivity index is 0.000000521. The zero-order chi connectivity index (χ0) is 27.4. The van der Waals surface area contributed by atoms with Crippen LogP contribution in [-0.2, 0) is 32.0 Å². The number of fused-ring (bicyclic) bond motifs is 1. The molecule has 0 saturated heterocycles. The molecule has 3 rings (SSSR count). The number of para-hydroxylation sites is 1. The number of carbonyl (C=O) groups excluding carboxylic acids is 2. The molecule has 0 aromatic heterocycles. The summed E-state index contributed by atoms with van der Waals surface area (Å²) in [5, 5.41) is 19.1. The summed E-state index contributed by atoms with van der Waals surface area (Å²) in [4.78, 5) is 22.2. The summed E-state index contributed by atoms with van der Waals surface area (Å²) in [6.07, 6.45) is 1.90. The second-order valence-electron chi connectivity index (χ2n) is 8.15. The van der Waals surface area contributed by atoms with Crippen molar-refractivity contribution in [3.63, 3.8) is 0 Å². The minimum Gasteiger partial charge on any atom is -0.507 e. The topological polar surface area (TPSA) is 121 Å². The molecular weight excluding hydrogens is 499 g/mol. The number of phenols is 1. The third-order valence-corrected chi connectivity index (χ3v) is 6.06. The van der Waals surface area contributed by atoms with Crippen LogP contribution >= 0.6 is 8.81 Å². The average Bonchev–Trinajstić information content (AvgIpc) is 3.28. The van der Waals surface area contributed by atoms with E-state index in [0.29, 0.717) is 42.9 Å². The highest BCUT2D eigenvalue weighted by atomic mass is 31.1. The van der Waals surface area contributed by atoms with E-state index in [0.717, 1.165) is 16.9 Å². The van der Waals surface area contributed by atoms with Gasteiger partial charge in [-0.15, -0.1) is 0 Å². The highest BCUT2D eigenvalue weighted by Gasteiger charge is 2.31. The van der Waals surface area contributed by atoms with Gasteiger partial charge >= 0.3 is 11.9 Å². The van der Waals surface area contributed by atoms with Crippen molar-refractivity contribution in [1.29, 1.82) is 0 Å². The van der Waals surface area contributed by atoms with Crippen LogP contribution < -0.4 is 9.26 Å². The number of aliphatic hydroxyl groups is 1. The van der Waals surface area contributed by atoms with E-state index >= 15 is 0 Å². The van der Waals surface area contributed by atoms with Crippen molar-refractivity contribution in [2.24, 2.45) is 0 Å². The molecule has 9 nitrogen and oxygen atoms in total. The van der Waals surface area contributed by atoms with Gasteiger partial charge in [-0.05, 0) is 51.8 Å². The molecule has 2 unspecified atom stereocenters. The first kappa shape index (κ1) is 30.1. The van der Waals surface area contributed by atoms with Gasteiger partial charge in [-0.3, -0.25) is 0 Å². The Kier molecular flexibility index (Phi) is 12.4. The SMILES string of the molecule is CCOC(=O)C(C)O.COc1c(C)c2c(c(O)c1C/C=C(\C)COCPOc1ccccc1)C(=O)OC2. The number of carbonyl (C=O) groups is 2. The number of cyclic esters (lactones) is 1. The lowest BCUT2D eigenvalue weighted by Gasteiger charge is -2.15. The molecule has 202 valence electrons. The van der Waals surface area contributed by atoms with Gasteiger partial charge in [-0.2, -0.15) is 0 Å². The minimum absolute atomic E-state index is 0.0624. The van der Waals surface area contributed by atoms with Gasteiger partial charge in [-0.1, -0.05) is 29.8 Å². The molecule has 0 spiro atoms. The molecule has 2 aromatic rings. The maximum Gasteiger partial charge on any atom is 0.342 e.